The second-order valence-corrected chi connectivity index (χ2v) is 9.72. The van der Waals surface area contributed by atoms with E-state index in [0.29, 0.717) is 36.6 Å². The van der Waals surface area contributed by atoms with Crippen molar-refractivity contribution < 1.29 is 23.1 Å². The summed E-state index contributed by atoms with van der Waals surface area (Å²) in [7, 11) is -3.60. The number of halogens is 1. The molecule has 0 spiro atoms. The molecule has 28 heavy (non-hydrogen) atoms. The predicted molar refractivity (Wildman–Crippen MR) is 106 cm³/mol. The summed E-state index contributed by atoms with van der Waals surface area (Å²) in [6.07, 6.45) is 4.05. The number of carbonyl (C=O) groups excluding carboxylic acids is 1. The zero-order chi connectivity index (χ0) is 20.1. The van der Waals surface area contributed by atoms with Crippen LogP contribution in [0, 0.1) is 5.92 Å². The number of aliphatic hydroxyl groups excluding tert-OH is 1. The van der Waals surface area contributed by atoms with E-state index >= 15 is 0 Å². The second-order valence-electron chi connectivity index (χ2n) is 7.52. The number of aliphatic hydroxyl groups is 1. The molecule has 1 heterocycles. The number of hydrogen-bond acceptors (Lipinski definition) is 5. The molecule has 0 aromatic heterocycles. The Morgan fingerprint density at radius 1 is 1.18 bits per heavy atom. The Balaban J connectivity index is 1.44. The first-order valence-corrected chi connectivity index (χ1v) is 11.5. The lowest BCUT2D eigenvalue weighted by Gasteiger charge is -2.36. The minimum atomic E-state index is -3.60. The maximum absolute atomic E-state index is 12.3. The van der Waals surface area contributed by atoms with Crippen LogP contribution in [0.2, 0.25) is 5.02 Å². The van der Waals surface area contributed by atoms with Crippen LogP contribution in [0.15, 0.2) is 29.2 Å². The number of amides is 1. The van der Waals surface area contributed by atoms with E-state index in [1.807, 2.05) is 0 Å². The van der Waals surface area contributed by atoms with Gasteiger partial charge in [-0.2, -0.15) is 0 Å². The van der Waals surface area contributed by atoms with Crippen molar-refractivity contribution in [3.63, 3.8) is 0 Å². The fourth-order valence-electron chi connectivity index (χ4n) is 3.41. The Morgan fingerprint density at radius 2 is 1.89 bits per heavy atom. The molecule has 0 bridgehead atoms. The third-order valence-electron chi connectivity index (χ3n) is 5.20. The van der Waals surface area contributed by atoms with Crippen molar-refractivity contribution in [1.29, 1.82) is 0 Å². The normalized spacial score (nSPS) is 25.4. The fourth-order valence-corrected chi connectivity index (χ4v) is 4.58. The van der Waals surface area contributed by atoms with Crippen molar-refractivity contribution in [3.05, 3.63) is 29.3 Å². The summed E-state index contributed by atoms with van der Waals surface area (Å²) in [5.41, 5.74) is 0. The molecule has 1 amide bonds. The average Bonchev–Trinajstić information content (AvgIpc) is 3.47. The molecular weight excluding hydrogens is 404 g/mol. The minimum absolute atomic E-state index is 0.0173. The molecule has 156 valence electrons. The maximum atomic E-state index is 12.3. The van der Waals surface area contributed by atoms with Crippen molar-refractivity contribution in [2.45, 2.75) is 61.7 Å². The summed E-state index contributed by atoms with van der Waals surface area (Å²) in [5.74, 6) is 0.530. The third kappa shape index (κ3) is 6.15. The predicted octanol–water partition coefficient (Wildman–Crippen LogP) is 1.83. The van der Waals surface area contributed by atoms with Crippen molar-refractivity contribution in [2.75, 3.05) is 13.2 Å². The number of benzene rings is 1. The van der Waals surface area contributed by atoms with Crippen LogP contribution in [0.25, 0.3) is 0 Å². The van der Waals surface area contributed by atoms with Crippen molar-refractivity contribution in [3.8, 4) is 0 Å². The van der Waals surface area contributed by atoms with Gasteiger partial charge in [0.15, 0.2) is 0 Å². The lowest BCUT2D eigenvalue weighted by atomic mass is 9.97. The summed E-state index contributed by atoms with van der Waals surface area (Å²) in [4.78, 5) is 12.2. The van der Waals surface area contributed by atoms with E-state index in [1.165, 1.54) is 24.3 Å². The second kappa shape index (κ2) is 9.54. The van der Waals surface area contributed by atoms with E-state index in [4.69, 9.17) is 16.3 Å². The molecule has 9 heteroatoms. The minimum Gasteiger partial charge on any atom is -0.394 e. The molecule has 7 nitrogen and oxygen atoms in total. The number of hydrogen-bond donors (Lipinski definition) is 3. The quantitative estimate of drug-likeness (QED) is 0.554. The molecule has 1 saturated carbocycles. The topological polar surface area (TPSA) is 105 Å². The van der Waals surface area contributed by atoms with Gasteiger partial charge in [-0.05, 0) is 62.3 Å². The number of rotatable bonds is 9. The Bertz CT molecular complexity index is 767. The van der Waals surface area contributed by atoms with Gasteiger partial charge < -0.3 is 15.2 Å². The Morgan fingerprint density at radius 3 is 2.54 bits per heavy atom. The molecule has 0 unspecified atom stereocenters. The van der Waals surface area contributed by atoms with Crippen LogP contribution < -0.4 is 10.0 Å². The maximum Gasteiger partial charge on any atom is 0.240 e. The SMILES string of the molecule is O=C(CC1CC1)N[C@H]1CC[C@@H](CCNS(=O)(=O)c2ccc(Cl)cc2)O[C@@H]1CO. The first kappa shape index (κ1) is 21.5. The van der Waals surface area contributed by atoms with Crippen LogP contribution >= 0.6 is 11.6 Å². The summed E-state index contributed by atoms with van der Waals surface area (Å²) >= 11 is 5.79. The highest BCUT2D eigenvalue weighted by Crippen LogP contribution is 2.32. The lowest BCUT2D eigenvalue weighted by molar-refractivity contribution is -0.128. The largest absolute Gasteiger partial charge is 0.394 e. The first-order valence-electron chi connectivity index (χ1n) is 9.68. The Labute approximate surface area is 170 Å². The van der Waals surface area contributed by atoms with Crippen LogP contribution in [0.5, 0.6) is 0 Å². The fraction of sp³-hybridized carbons (Fsp3) is 0.632. The average molecular weight is 431 g/mol. The van der Waals surface area contributed by atoms with Gasteiger partial charge >= 0.3 is 0 Å². The molecule has 2 fully saturated rings. The van der Waals surface area contributed by atoms with E-state index in [0.717, 1.165) is 12.8 Å². The van der Waals surface area contributed by atoms with Gasteiger partial charge in [-0.15, -0.1) is 0 Å². The highest BCUT2D eigenvalue weighted by atomic mass is 35.5. The number of sulfonamides is 1. The van der Waals surface area contributed by atoms with Gasteiger partial charge in [0.25, 0.3) is 0 Å². The van der Waals surface area contributed by atoms with Gasteiger partial charge in [0.2, 0.25) is 15.9 Å². The van der Waals surface area contributed by atoms with Crippen LogP contribution in [0.4, 0.5) is 0 Å². The van der Waals surface area contributed by atoms with E-state index in [1.54, 1.807) is 0 Å². The zero-order valence-corrected chi connectivity index (χ0v) is 17.2. The van der Waals surface area contributed by atoms with Gasteiger partial charge in [0.05, 0.1) is 23.6 Å². The van der Waals surface area contributed by atoms with E-state index in [9.17, 15) is 18.3 Å². The van der Waals surface area contributed by atoms with Gasteiger partial charge in [-0.25, -0.2) is 13.1 Å². The summed E-state index contributed by atoms with van der Waals surface area (Å²) < 4.78 is 33.0. The molecule has 1 aromatic carbocycles. The van der Waals surface area contributed by atoms with Crippen LogP contribution in [0.3, 0.4) is 0 Å². The number of ether oxygens (including phenoxy) is 1. The van der Waals surface area contributed by atoms with Gasteiger partial charge in [-0.3, -0.25) is 4.79 Å². The molecule has 3 N–H and O–H groups in total. The molecule has 1 aromatic rings. The van der Waals surface area contributed by atoms with Crippen LogP contribution in [-0.2, 0) is 19.6 Å². The van der Waals surface area contributed by atoms with Crippen molar-refractivity contribution in [1.82, 2.24) is 10.0 Å². The lowest BCUT2D eigenvalue weighted by Crippen LogP contribution is -2.51. The van der Waals surface area contributed by atoms with E-state index in [2.05, 4.69) is 10.0 Å². The molecule has 3 rings (SSSR count). The standard InChI is InChI=1S/C19H27ClN2O5S/c20-14-3-6-16(7-4-14)28(25,26)21-10-9-15-5-8-17(18(12-23)27-15)22-19(24)11-13-1-2-13/h3-4,6-7,13,15,17-18,21,23H,1-2,5,8-12H2,(H,22,24)/t15-,17-,18+/m0/s1. The third-order valence-corrected chi connectivity index (χ3v) is 6.92. The Kier molecular flexibility index (Phi) is 7.33. The summed E-state index contributed by atoms with van der Waals surface area (Å²) in [5, 5.41) is 13.1. The first-order chi connectivity index (χ1) is 13.4. The summed E-state index contributed by atoms with van der Waals surface area (Å²) in [6, 6.07) is 5.78. The van der Waals surface area contributed by atoms with Gasteiger partial charge in [0, 0.05) is 18.0 Å². The number of carbonyl (C=O) groups is 1. The van der Waals surface area contributed by atoms with Crippen molar-refractivity contribution in [2.24, 2.45) is 5.92 Å². The van der Waals surface area contributed by atoms with Gasteiger partial charge in [0.1, 0.15) is 6.10 Å². The Hall–Kier alpha value is -1.19. The van der Waals surface area contributed by atoms with Gasteiger partial charge in [-0.1, -0.05) is 11.6 Å². The molecule has 3 atom stereocenters. The molecule has 1 aliphatic carbocycles. The zero-order valence-electron chi connectivity index (χ0n) is 15.6. The molecule has 0 radical (unpaired) electrons. The van der Waals surface area contributed by atoms with Crippen molar-refractivity contribution >= 4 is 27.5 Å². The smallest absolute Gasteiger partial charge is 0.240 e. The monoisotopic (exact) mass is 430 g/mol. The van der Waals surface area contributed by atoms with Crippen LogP contribution in [-0.4, -0.2) is 50.8 Å². The van der Waals surface area contributed by atoms with E-state index in [-0.39, 0.29) is 36.1 Å². The molecule has 1 saturated heterocycles. The highest BCUT2D eigenvalue weighted by molar-refractivity contribution is 7.89. The molecule has 2 aliphatic rings. The number of nitrogens with one attached hydrogen (secondary N) is 2. The van der Waals surface area contributed by atoms with Crippen LogP contribution in [0.1, 0.15) is 38.5 Å². The highest BCUT2D eigenvalue weighted by Gasteiger charge is 2.33. The van der Waals surface area contributed by atoms with E-state index < -0.39 is 16.1 Å². The summed E-state index contributed by atoms with van der Waals surface area (Å²) in [6.45, 7) is 0.0495. The molecule has 1 aliphatic heterocycles. The molecular formula is C19H27ClN2O5S.